The first-order chi connectivity index (χ1) is 9.72. The lowest BCUT2D eigenvalue weighted by Crippen LogP contribution is -2.50. The molecule has 2 fully saturated rings. The number of rotatable bonds is 4. The third kappa shape index (κ3) is 4.58. The van der Waals surface area contributed by atoms with Gasteiger partial charge in [-0.1, -0.05) is 0 Å². The second-order valence-electron chi connectivity index (χ2n) is 7.71. The fourth-order valence-electron chi connectivity index (χ4n) is 2.95. The minimum absolute atomic E-state index is 0.184. The maximum Gasteiger partial charge on any atom is 0.410 e. The number of amides is 1. The molecule has 5 heteroatoms. The molecule has 0 aromatic rings. The lowest BCUT2D eigenvalue weighted by molar-refractivity contribution is 0.0139. The average Bonchev–Trinajstić information content (AvgIpc) is 3.16. The van der Waals surface area contributed by atoms with Crippen LogP contribution in [0.3, 0.4) is 0 Å². The van der Waals surface area contributed by atoms with Crippen molar-refractivity contribution in [3.05, 3.63) is 0 Å². The van der Waals surface area contributed by atoms with E-state index in [1.54, 1.807) is 0 Å². The molecule has 1 saturated heterocycles. The highest BCUT2D eigenvalue weighted by atomic mass is 16.6. The van der Waals surface area contributed by atoms with Crippen LogP contribution in [0, 0.1) is 5.41 Å². The van der Waals surface area contributed by atoms with Crippen molar-refractivity contribution < 1.29 is 9.53 Å². The fraction of sp³-hybridized carbons (Fsp3) is 0.938. The number of hydrogen-bond acceptors (Lipinski definition) is 4. The normalized spacial score (nSPS) is 23.8. The summed E-state index contributed by atoms with van der Waals surface area (Å²) in [4.78, 5) is 16.3. The Hall–Kier alpha value is -0.810. The highest BCUT2D eigenvalue weighted by Gasteiger charge is 2.45. The van der Waals surface area contributed by atoms with Crippen molar-refractivity contribution in [3.63, 3.8) is 0 Å². The first kappa shape index (κ1) is 16.6. The number of hydrogen-bond donors (Lipinski definition) is 1. The predicted octanol–water partition coefficient (Wildman–Crippen LogP) is 2.06. The van der Waals surface area contributed by atoms with E-state index < -0.39 is 5.60 Å². The van der Waals surface area contributed by atoms with Crippen molar-refractivity contribution in [2.45, 2.75) is 58.6 Å². The Labute approximate surface area is 128 Å². The molecular weight excluding hydrogens is 266 g/mol. The third-order valence-electron chi connectivity index (χ3n) is 4.81. The van der Waals surface area contributed by atoms with E-state index >= 15 is 0 Å². The molecule has 1 saturated carbocycles. The molecule has 0 spiro atoms. The molecule has 122 valence electrons. The van der Waals surface area contributed by atoms with E-state index in [2.05, 4.69) is 11.8 Å². The summed E-state index contributed by atoms with van der Waals surface area (Å²) in [5.74, 6) is 0. The van der Waals surface area contributed by atoms with Gasteiger partial charge in [-0.3, -0.25) is 4.90 Å². The van der Waals surface area contributed by atoms with Crippen LogP contribution < -0.4 is 5.73 Å². The van der Waals surface area contributed by atoms with Gasteiger partial charge in [0.1, 0.15) is 5.60 Å². The molecule has 0 aromatic carbocycles. The topological polar surface area (TPSA) is 58.8 Å². The number of carbonyl (C=O) groups is 1. The van der Waals surface area contributed by atoms with E-state index in [0.29, 0.717) is 11.5 Å². The fourth-order valence-corrected chi connectivity index (χ4v) is 2.95. The SMILES string of the molecule is CC(N)C1(CCN2CCN(C(=O)OC(C)(C)C)CC2)CC1. The molecule has 2 aliphatic rings. The number of carbonyl (C=O) groups excluding carboxylic acids is 1. The third-order valence-corrected chi connectivity index (χ3v) is 4.81. The molecule has 0 aromatic heterocycles. The van der Waals surface area contributed by atoms with Crippen LogP contribution in [0.2, 0.25) is 0 Å². The van der Waals surface area contributed by atoms with Gasteiger partial charge in [0, 0.05) is 32.2 Å². The Kier molecular flexibility index (Phi) is 4.83. The van der Waals surface area contributed by atoms with E-state index in [9.17, 15) is 4.79 Å². The summed E-state index contributed by atoms with van der Waals surface area (Å²) in [6.45, 7) is 12.4. The highest BCUT2D eigenvalue weighted by molar-refractivity contribution is 5.68. The molecule has 5 nitrogen and oxygen atoms in total. The smallest absolute Gasteiger partial charge is 0.410 e. The zero-order valence-electron chi connectivity index (χ0n) is 14.0. The van der Waals surface area contributed by atoms with E-state index in [-0.39, 0.29) is 6.09 Å². The van der Waals surface area contributed by atoms with Crippen molar-refractivity contribution >= 4 is 6.09 Å². The molecule has 0 bridgehead atoms. The molecule has 2 rings (SSSR count). The maximum atomic E-state index is 12.0. The number of piperazine rings is 1. The molecule has 1 aliphatic carbocycles. The van der Waals surface area contributed by atoms with Gasteiger partial charge in [0.2, 0.25) is 0 Å². The van der Waals surface area contributed by atoms with Crippen LogP contribution in [-0.4, -0.2) is 60.3 Å². The second kappa shape index (κ2) is 6.13. The lowest BCUT2D eigenvalue weighted by atomic mass is 9.94. The largest absolute Gasteiger partial charge is 0.444 e. The van der Waals surface area contributed by atoms with E-state index in [4.69, 9.17) is 10.5 Å². The monoisotopic (exact) mass is 297 g/mol. The van der Waals surface area contributed by atoms with Crippen LogP contribution in [0.1, 0.15) is 47.0 Å². The molecule has 1 aliphatic heterocycles. The minimum atomic E-state index is -0.413. The van der Waals surface area contributed by atoms with Crippen LogP contribution >= 0.6 is 0 Å². The van der Waals surface area contributed by atoms with E-state index in [0.717, 1.165) is 32.7 Å². The quantitative estimate of drug-likeness (QED) is 0.863. The van der Waals surface area contributed by atoms with Gasteiger partial charge in [-0.2, -0.15) is 0 Å². The zero-order chi connectivity index (χ0) is 15.7. The predicted molar refractivity (Wildman–Crippen MR) is 84.2 cm³/mol. The molecule has 1 atom stereocenters. The summed E-state index contributed by atoms with van der Waals surface area (Å²) in [7, 11) is 0. The van der Waals surface area contributed by atoms with E-state index in [1.165, 1.54) is 19.3 Å². The highest BCUT2D eigenvalue weighted by Crippen LogP contribution is 2.51. The molecule has 1 heterocycles. The summed E-state index contributed by atoms with van der Waals surface area (Å²) >= 11 is 0. The Morgan fingerprint density at radius 2 is 1.81 bits per heavy atom. The maximum absolute atomic E-state index is 12.0. The Bertz CT molecular complexity index is 364. The lowest BCUT2D eigenvalue weighted by Gasteiger charge is -2.36. The van der Waals surface area contributed by atoms with Crippen LogP contribution in [0.25, 0.3) is 0 Å². The van der Waals surface area contributed by atoms with Gasteiger partial charge in [0.15, 0.2) is 0 Å². The van der Waals surface area contributed by atoms with Crippen LogP contribution in [0.5, 0.6) is 0 Å². The summed E-state index contributed by atoms with van der Waals surface area (Å²) < 4.78 is 5.42. The van der Waals surface area contributed by atoms with Gasteiger partial charge in [-0.25, -0.2) is 4.79 Å². The van der Waals surface area contributed by atoms with Gasteiger partial charge in [0.05, 0.1) is 0 Å². The number of ether oxygens (including phenoxy) is 1. The summed E-state index contributed by atoms with van der Waals surface area (Å²) in [5.41, 5.74) is 6.07. The van der Waals surface area contributed by atoms with Gasteiger partial charge in [-0.05, 0) is 58.9 Å². The van der Waals surface area contributed by atoms with Crippen molar-refractivity contribution in [2.75, 3.05) is 32.7 Å². The van der Waals surface area contributed by atoms with Gasteiger partial charge in [-0.15, -0.1) is 0 Å². The molecule has 1 unspecified atom stereocenters. The van der Waals surface area contributed by atoms with Crippen LogP contribution in [-0.2, 0) is 4.74 Å². The van der Waals surface area contributed by atoms with Gasteiger partial charge in [0.25, 0.3) is 0 Å². The van der Waals surface area contributed by atoms with Gasteiger partial charge >= 0.3 is 6.09 Å². The van der Waals surface area contributed by atoms with Gasteiger partial charge < -0.3 is 15.4 Å². The second-order valence-corrected chi connectivity index (χ2v) is 7.71. The van der Waals surface area contributed by atoms with Crippen molar-refractivity contribution in [3.8, 4) is 0 Å². The molecule has 0 radical (unpaired) electrons. The summed E-state index contributed by atoms with van der Waals surface area (Å²) in [6.07, 6.45) is 3.57. The number of nitrogens with two attached hydrogens (primary N) is 1. The first-order valence-corrected chi connectivity index (χ1v) is 8.18. The standard InChI is InChI=1S/C16H31N3O2/c1-13(17)16(5-6-16)7-8-18-9-11-19(12-10-18)14(20)21-15(2,3)4/h13H,5-12,17H2,1-4H3. The molecule has 1 amide bonds. The van der Waals surface area contributed by atoms with Crippen LogP contribution in [0.15, 0.2) is 0 Å². The Morgan fingerprint density at radius 3 is 2.24 bits per heavy atom. The van der Waals surface area contributed by atoms with E-state index in [1.807, 2.05) is 25.7 Å². The van der Waals surface area contributed by atoms with Crippen molar-refractivity contribution in [1.29, 1.82) is 0 Å². The van der Waals surface area contributed by atoms with Crippen LogP contribution in [0.4, 0.5) is 4.79 Å². The summed E-state index contributed by atoms with van der Waals surface area (Å²) in [6, 6.07) is 0.306. The van der Waals surface area contributed by atoms with Crippen molar-refractivity contribution in [1.82, 2.24) is 9.80 Å². The summed E-state index contributed by atoms with van der Waals surface area (Å²) in [5, 5.41) is 0. The molecule has 21 heavy (non-hydrogen) atoms. The van der Waals surface area contributed by atoms with Crippen molar-refractivity contribution in [2.24, 2.45) is 11.1 Å². The zero-order valence-corrected chi connectivity index (χ0v) is 14.0. The Balaban J connectivity index is 1.70. The Morgan fingerprint density at radius 1 is 1.24 bits per heavy atom. The molecule has 2 N–H and O–H groups in total. The molecular formula is C16H31N3O2. The first-order valence-electron chi connectivity index (χ1n) is 8.18. The minimum Gasteiger partial charge on any atom is -0.444 e. The average molecular weight is 297 g/mol. The number of nitrogens with zero attached hydrogens (tertiary/aromatic N) is 2.